The van der Waals surface area contributed by atoms with Gasteiger partial charge in [0.2, 0.25) is 0 Å². The quantitative estimate of drug-likeness (QED) is 0.330. The topological polar surface area (TPSA) is 92.4 Å². The maximum Gasteiger partial charge on any atom is 0.262 e. The number of aromatic amines is 1. The molecule has 2 N–H and O–H groups in total. The molecule has 0 saturated carbocycles. The van der Waals surface area contributed by atoms with Crippen molar-refractivity contribution in [1.29, 1.82) is 0 Å². The number of benzene rings is 3. The summed E-state index contributed by atoms with van der Waals surface area (Å²) in [6.45, 7) is 3.20. The molecule has 3 aromatic carbocycles. The number of rotatable bonds is 6. The van der Waals surface area contributed by atoms with Gasteiger partial charge < -0.3 is 24.7 Å². The first-order valence-electron chi connectivity index (χ1n) is 12.2. The second-order valence-electron chi connectivity index (χ2n) is 8.66. The van der Waals surface area contributed by atoms with Gasteiger partial charge in [-0.25, -0.2) is 9.97 Å². The van der Waals surface area contributed by atoms with Crippen LogP contribution in [0.15, 0.2) is 96.1 Å². The zero-order valence-electron chi connectivity index (χ0n) is 20.1. The van der Waals surface area contributed by atoms with E-state index in [-0.39, 0.29) is 5.56 Å². The van der Waals surface area contributed by atoms with Crippen molar-refractivity contribution in [2.24, 2.45) is 0 Å². The first-order chi connectivity index (χ1) is 18.2. The summed E-state index contributed by atoms with van der Waals surface area (Å²) in [5, 5.41) is 3.74. The summed E-state index contributed by atoms with van der Waals surface area (Å²) in [7, 11) is 0. The molecule has 0 unspecified atom stereocenters. The smallest absolute Gasteiger partial charge is 0.262 e. The molecule has 3 heterocycles. The highest BCUT2D eigenvalue weighted by Crippen LogP contribution is 2.35. The SMILES string of the molecule is O=c1[nH]cnc2cc(-c3ccccc3Oc3ccccc3)nc(Nc3ccc(N4CCOCC4)cc3)c12. The van der Waals surface area contributed by atoms with E-state index in [0.29, 0.717) is 28.2 Å². The number of morpholine rings is 1. The third kappa shape index (κ3) is 4.87. The number of nitrogens with zero attached hydrogens (tertiary/aromatic N) is 3. The highest BCUT2D eigenvalue weighted by Gasteiger charge is 2.16. The molecule has 8 heteroatoms. The average molecular weight is 492 g/mol. The Kier molecular flexibility index (Phi) is 6.22. The van der Waals surface area contributed by atoms with E-state index in [9.17, 15) is 4.79 Å². The van der Waals surface area contributed by atoms with Crippen molar-refractivity contribution < 1.29 is 9.47 Å². The highest BCUT2D eigenvalue weighted by atomic mass is 16.5. The Morgan fingerprint density at radius 1 is 0.919 bits per heavy atom. The van der Waals surface area contributed by atoms with Crippen molar-refractivity contribution in [3.63, 3.8) is 0 Å². The minimum absolute atomic E-state index is 0.259. The molecule has 1 saturated heterocycles. The van der Waals surface area contributed by atoms with Gasteiger partial charge in [0.1, 0.15) is 22.7 Å². The van der Waals surface area contributed by atoms with E-state index in [1.54, 1.807) is 0 Å². The minimum Gasteiger partial charge on any atom is -0.457 e. The van der Waals surface area contributed by atoms with Crippen LogP contribution in [0, 0.1) is 0 Å². The number of hydrogen-bond acceptors (Lipinski definition) is 7. The number of fused-ring (bicyclic) bond motifs is 1. The summed E-state index contributed by atoms with van der Waals surface area (Å²) in [4.78, 5) is 27.0. The summed E-state index contributed by atoms with van der Waals surface area (Å²) in [6.07, 6.45) is 1.40. The fraction of sp³-hybridized carbons (Fsp3) is 0.138. The Morgan fingerprint density at radius 2 is 1.68 bits per heavy atom. The number of H-pyrrole nitrogens is 1. The molecule has 2 aromatic heterocycles. The Hall–Kier alpha value is -4.69. The molecule has 0 aliphatic carbocycles. The summed E-state index contributed by atoms with van der Waals surface area (Å²) in [6, 6.07) is 27.2. The molecular formula is C29H25N5O3. The Morgan fingerprint density at radius 3 is 2.49 bits per heavy atom. The van der Waals surface area contributed by atoms with E-state index >= 15 is 0 Å². The zero-order valence-corrected chi connectivity index (χ0v) is 20.1. The summed E-state index contributed by atoms with van der Waals surface area (Å²) < 4.78 is 11.6. The number of aromatic nitrogens is 3. The number of hydrogen-bond donors (Lipinski definition) is 2. The Bertz CT molecular complexity index is 1580. The zero-order chi connectivity index (χ0) is 25.0. The molecule has 0 amide bonds. The van der Waals surface area contributed by atoms with E-state index in [0.717, 1.165) is 49.0 Å². The van der Waals surface area contributed by atoms with Gasteiger partial charge in [0, 0.05) is 30.0 Å². The lowest BCUT2D eigenvalue weighted by molar-refractivity contribution is 0.122. The van der Waals surface area contributed by atoms with E-state index in [2.05, 4.69) is 32.3 Å². The average Bonchev–Trinajstić information content (AvgIpc) is 2.95. The fourth-order valence-electron chi connectivity index (χ4n) is 4.41. The van der Waals surface area contributed by atoms with Crippen LogP contribution in [0.5, 0.6) is 11.5 Å². The molecule has 1 aliphatic heterocycles. The first-order valence-corrected chi connectivity index (χ1v) is 12.2. The van der Waals surface area contributed by atoms with Gasteiger partial charge in [-0.2, -0.15) is 0 Å². The monoisotopic (exact) mass is 491 g/mol. The van der Waals surface area contributed by atoms with Crippen LogP contribution in [0.2, 0.25) is 0 Å². The Balaban J connectivity index is 1.38. The van der Waals surface area contributed by atoms with Crippen molar-refractivity contribution in [3.8, 4) is 22.8 Å². The molecule has 184 valence electrons. The lowest BCUT2D eigenvalue weighted by Gasteiger charge is -2.28. The predicted octanol–water partition coefficient (Wildman–Crippen LogP) is 5.36. The Labute approximate surface area is 213 Å². The number of nitrogens with one attached hydrogen (secondary N) is 2. The molecule has 0 bridgehead atoms. The standard InChI is InChI=1S/C29H25N5O3/c35-29-27-25(30-19-31-29)18-24(23-8-4-5-9-26(23)37-22-6-2-1-3-7-22)33-28(27)32-20-10-12-21(13-11-20)34-14-16-36-17-15-34/h1-13,18-19H,14-17H2,(H,32,33)(H,30,31,35). The van der Waals surface area contributed by atoms with Crippen LogP contribution in [0.3, 0.4) is 0 Å². The third-order valence-corrected chi connectivity index (χ3v) is 6.27. The van der Waals surface area contributed by atoms with Gasteiger partial charge in [-0.3, -0.25) is 4.79 Å². The van der Waals surface area contributed by atoms with Crippen LogP contribution < -0.4 is 20.5 Å². The van der Waals surface area contributed by atoms with Gasteiger partial charge in [-0.1, -0.05) is 30.3 Å². The van der Waals surface area contributed by atoms with Crippen LogP contribution in [0.4, 0.5) is 17.2 Å². The van der Waals surface area contributed by atoms with E-state index < -0.39 is 0 Å². The lowest BCUT2D eigenvalue weighted by Crippen LogP contribution is -2.36. The lowest BCUT2D eigenvalue weighted by atomic mass is 10.1. The molecule has 5 aromatic rings. The minimum atomic E-state index is -0.259. The van der Waals surface area contributed by atoms with Crippen LogP contribution in [0.1, 0.15) is 0 Å². The summed E-state index contributed by atoms with van der Waals surface area (Å²) in [5.41, 5.74) is 3.67. The van der Waals surface area contributed by atoms with Gasteiger partial charge in [0.05, 0.1) is 30.8 Å². The molecule has 1 fully saturated rings. The largest absolute Gasteiger partial charge is 0.457 e. The molecule has 0 spiro atoms. The molecule has 0 atom stereocenters. The van der Waals surface area contributed by atoms with Crippen molar-refractivity contribution in [2.45, 2.75) is 0 Å². The number of anilines is 3. The van der Waals surface area contributed by atoms with Crippen molar-refractivity contribution >= 4 is 28.1 Å². The summed E-state index contributed by atoms with van der Waals surface area (Å²) in [5.74, 6) is 1.81. The van der Waals surface area contributed by atoms with Crippen LogP contribution in [-0.2, 0) is 4.74 Å². The van der Waals surface area contributed by atoms with Crippen molar-refractivity contribution in [3.05, 3.63) is 102 Å². The maximum atomic E-state index is 12.8. The second-order valence-corrected chi connectivity index (χ2v) is 8.66. The second kappa shape index (κ2) is 10.1. The normalized spacial score (nSPS) is 13.5. The van der Waals surface area contributed by atoms with Gasteiger partial charge in [0.15, 0.2) is 0 Å². The highest BCUT2D eigenvalue weighted by molar-refractivity contribution is 5.93. The molecular weight excluding hydrogens is 466 g/mol. The van der Waals surface area contributed by atoms with Gasteiger partial charge in [0.25, 0.3) is 5.56 Å². The molecule has 0 radical (unpaired) electrons. The third-order valence-electron chi connectivity index (χ3n) is 6.27. The van der Waals surface area contributed by atoms with Gasteiger partial charge in [-0.15, -0.1) is 0 Å². The number of ether oxygens (including phenoxy) is 2. The maximum absolute atomic E-state index is 12.8. The van der Waals surface area contributed by atoms with Crippen LogP contribution in [0.25, 0.3) is 22.2 Å². The molecule has 8 nitrogen and oxygen atoms in total. The van der Waals surface area contributed by atoms with Crippen molar-refractivity contribution in [1.82, 2.24) is 15.0 Å². The van der Waals surface area contributed by atoms with Crippen molar-refractivity contribution in [2.75, 3.05) is 36.5 Å². The van der Waals surface area contributed by atoms with Crippen LogP contribution >= 0.6 is 0 Å². The number of pyridine rings is 1. The van der Waals surface area contributed by atoms with Crippen LogP contribution in [-0.4, -0.2) is 41.3 Å². The van der Waals surface area contributed by atoms with Gasteiger partial charge in [-0.05, 0) is 54.6 Å². The predicted molar refractivity (Wildman–Crippen MR) is 145 cm³/mol. The molecule has 1 aliphatic rings. The summed E-state index contributed by atoms with van der Waals surface area (Å²) >= 11 is 0. The first kappa shape index (κ1) is 22.8. The number of para-hydroxylation sites is 2. The molecule has 37 heavy (non-hydrogen) atoms. The fourth-order valence-corrected chi connectivity index (χ4v) is 4.41. The van der Waals surface area contributed by atoms with Gasteiger partial charge >= 0.3 is 0 Å². The van der Waals surface area contributed by atoms with E-state index in [1.807, 2.05) is 72.8 Å². The molecule has 6 rings (SSSR count). The van der Waals surface area contributed by atoms with E-state index in [1.165, 1.54) is 6.33 Å². The van der Waals surface area contributed by atoms with E-state index in [4.69, 9.17) is 14.5 Å².